The predicted molar refractivity (Wildman–Crippen MR) is 114 cm³/mol. The number of aliphatic hydroxyl groups is 1. The van der Waals surface area contributed by atoms with Gasteiger partial charge in [-0.05, 0) is 51.7 Å². The minimum Gasteiger partial charge on any atom is -0.493 e. The Balaban J connectivity index is 1.94. The summed E-state index contributed by atoms with van der Waals surface area (Å²) >= 11 is 0. The maximum atomic E-state index is 10.2. The lowest BCUT2D eigenvalue weighted by atomic mass is 9.99. The van der Waals surface area contributed by atoms with Crippen molar-refractivity contribution in [3.8, 4) is 11.5 Å². The minimum absolute atomic E-state index is 0.187. The molecule has 160 valence electrons. The van der Waals surface area contributed by atoms with Crippen LogP contribution in [0.3, 0.4) is 0 Å². The molecule has 0 spiro atoms. The van der Waals surface area contributed by atoms with Crippen molar-refractivity contribution in [1.29, 1.82) is 0 Å². The molecule has 1 saturated heterocycles. The molecule has 2 rings (SSSR count). The summed E-state index contributed by atoms with van der Waals surface area (Å²) in [4.78, 5) is 7.10. The normalized spacial score (nSPS) is 19.0. The molecular weight excluding hydrogens is 354 g/mol. The number of piperazine rings is 1. The van der Waals surface area contributed by atoms with Crippen LogP contribution in [0.2, 0.25) is 0 Å². The summed E-state index contributed by atoms with van der Waals surface area (Å²) in [5, 5.41) is 10.2. The van der Waals surface area contributed by atoms with Gasteiger partial charge >= 0.3 is 0 Å². The zero-order chi connectivity index (χ0) is 20.7. The molecule has 1 N–H and O–H groups in total. The van der Waals surface area contributed by atoms with Crippen LogP contribution in [0, 0.1) is 0 Å². The number of hydrogen-bond acceptors (Lipinski definition) is 6. The van der Waals surface area contributed by atoms with E-state index in [1.165, 1.54) is 5.56 Å². The number of likely N-dealkylation sites (N-methyl/N-ethyl adjacent to an activating group) is 2. The van der Waals surface area contributed by atoms with Crippen LogP contribution < -0.4 is 9.47 Å². The Labute approximate surface area is 171 Å². The summed E-state index contributed by atoms with van der Waals surface area (Å²) in [5.74, 6) is 1.41. The van der Waals surface area contributed by atoms with E-state index in [1.807, 2.05) is 6.07 Å². The van der Waals surface area contributed by atoms with Crippen molar-refractivity contribution in [2.24, 2.45) is 0 Å². The molecule has 0 bridgehead atoms. The second-order valence-corrected chi connectivity index (χ2v) is 8.38. The Hall–Kier alpha value is -1.34. The molecule has 1 aliphatic heterocycles. The van der Waals surface area contributed by atoms with Crippen molar-refractivity contribution in [1.82, 2.24) is 14.7 Å². The van der Waals surface area contributed by atoms with Gasteiger partial charge in [-0.1, -0.05) is 19.9 Å². The third-order valence-corrected chi connectivity index (χ3v) is 5.82. The molecule has 1 aliphatic rings. The fourth-order valence-electron chi connectivity index (χ4n) is 3.68. The Morgan fingerprint density at radius 1 is 1.18 bits per heavy atom. The zero-order valence-corrected chi connectivity index (χ0v) is 18.6. The van der Waals surface area contributed by atoms with E-state index in [-0.39, 0.29) is 12.1 Å². The Kier molecular flexibility index (Phi) is 8.56. The molecule has 1 aromatic rings. The van der Waals surface area contributed by atoms with Gasteiger partial charge in [0.25, 0.3) is 0 Å². The van der Waals surface area contributed by atoms with Gasteiger partial charge in [-0.3, -0.25) is 9.80 Å². The minimum atomic E-state index is -0.517. The molecular formula is C22H39N3O3. The van der Waals surface area contributed by atoms with Gasteiger partial charge < -0.3 is 19.5 Å². The van der Waals surface area contributed by atoms with Crippen LogP contribution in [0.25, 0.3) is 0 Å². The monoisotopic (exact) mass is 393 g/mol. The predicted octanol–water partition coefficient (Wildman–Crippen LogP) is 2.30. The Morgan fingerprint density at radius 3 is 2.50 bits per heavy atom. The van der Waals surface area contributed by atoms with Crippen molar-refractivity contribution in [3.63, 3.8) is 0 Å². The highest BCUT2D eigenvalue weighted by Gasteiger charge is 2.30. The van der Waals surface area contributed by atoms with Crippen molar-refractivity contribution < 1.29 is 14.6 Å². The number of nitrogens with zero attached hydrogens (tertiary/aromatic N) is 3. The van der Waals surface area contributed by atoms with Crippen molar-refractivity contribution in [2.75, 3.05) is 60.0 Å². The molecule has 6 heteroatoms. The van der Waals surface area contributed by atoms with Crippen LogP contribution in [-0.4, -0.2) is 91.5 Å². The van der Waals surface area contributed by atoms with Crippen molar-refractivity contribution >= 4 is 0 Å². The van der Waals surface area contributed by atoms with E-state index >= 15 is 0 Å². The summed E-state index contributed by atoms with van der Waals surface area (Å²) < 4.78 is 11.4. The maximum absolute atomic E-state index is 10.2. The lowest BCUT2D eigenvalue weighted by Gasteiger charge is -2.45. The molecule has 1 fully saturated rings. The molecule has 6 nitrogen and oxygen atoms in total. The van der Waals surface area contributed by atoms with Gasteiger partial charge in [-0.2, -0.15) is 0 Å². The summed E-state index contributed by atoms with van der Waals surface area (Å²) in [5.41, 5.74) is 1.40. The molecule has 28 heavy (non-hydrogen) atoms. The molecule has 0 unspecified atom stereocenters. The van der Waals surface area contributed by atoms with E-state index < -0.39 is 6.10 Å². The van der Waals surface area contributed by atoms with Gasteiger partial charge in [0.1, 0.15) is 12.7 Å². The maximum Gasteiger partial charge on any atom is 0.161 e. The number of hydrogen-bond donors (Lipinski definition) is 1. The lowest BCUT2D eigenvalue weighted by molar-refractivity contribution is 0.0359. The third-order valence-electron chi connectivity index (χ3n) is 5.82. The first-order valence-corrected chi connectivity index (χ1v) is 10.4. The highest BCUT2D eigenvalue weighted by molar-refractivity contribution is 5.43. The van der Waals surface area contributed by atoms with Crippen LogP contribution >= 0.6 is 0 Å². The van der Waals surface area contributed by atoms with Gasteiger partial charge in [0.15, 0.2) is 11.5 Å². The first-order valence-electron chi connectivity index (χ1n) is 10.4. The number of benzene rings is 1. The molecule has 1 aromatic carbocycles. The Bertz CT molecular complexity index is 605. The second kappa shape index (κ2) is 10.4. The molecule has 0 aliphatic carbocycles. The van der Waals surface area contributed by atoms with Crippen LogP contribution in [-0.2, 0) is 6.54 Å². The van der Waals surface area contributed by atoms with Gasteiger partial charge in [-0.15, -0.1) is 0 Å². The molecule has 1 atom stereocenters. The van der Waals surface area contributed by atoms with Crippen molar-refractivity contribution in [3.05, 3.63) is 23.8 Å². The van der Waals surface area contributed by atoms with Crippen LogP contribution in [0.5, 0.6) is 11.5 Å². The summed E-state index contributed by atoms with van der Waals surface area (Å²) in [6.07, 6.45) is -0.517. The average Bonchev–Trinajstić information content (AvgIpc) is 2.67. The average molecular weight is 394 g/mol. The number of methoxy groups -OCH3 is 1. The van der Waals surface area contributed by atoms with Crippen LogP contribution in [0.1, 0.15) is 33.3 Å². The highest BCUT2D eigenvalue weighted by Crippen LogP contribution is 2.29. The van der Waals surface area contributed by atoms with Crippen LogP contribution in [0.4, 0.5) is 0 Å². The van der Waals surface area contributed by atoms with E-state index in [0.29, 0.717) is 12.3 Å². The fourth-order valence-corrected chi connectivity index (χ4v) is 3.68. The summed E-state index contributed by atoms with van der Waals surface area (Å²) in [7, 11) is 3.86. The molecule has 0 amide bonds. The Morgan fingerprint density at radius 2 is 1.89 bits per heavy atom. The number of rotatable bonds is 10. The standard InChI is InChI=1S/C22H39N3O3/c1-7-24(8-2)15-19(26)16-28-20-10-9-18(13-21(20)27-6)14-25-12-11-23(5)22(3,4)17-25/h9-10,13,19,26H,7-8,11-12,14-17H2,1-6H3/t19-/m0/s1. The lowest BCUT2D eigenvalue weighted by Crippen LogP contribution is -2.57. The SMILES string of the molecule is CCN(CC)C[C@H](O)COc1ccc(CN2CCN(C)C(C)(C)C2)cc1OC. The first kappa shape index (κ1) is 22.9. The summed E-state index contributed by atoms with van der Waals surface area (Å²) in [6, 6.07) is 6.11. The topological polar surface area (TPSA) is 48.4 Å². The van der Waals surface area contributed by atoms with Gasteiger partial charge in [0.2, 0.25) is 0 Å². The second-order valence-electron chi connectivity index (χ2n) is 8.38. The smallest absolute Gasteiger partial charge is 0.161 e. The van der Waals surface area contributed by atoms with Crippen LogP contribution in [0.15, 0.2) is 18.2 Å². The van der Waals surface area contributed by atoms with E-state index in [4.69, 9.17) is 9.47 Å². The third kappa shape index (κ3) is 6.34. The largest absolute Gasteiger partial charge is 0.493 e. The van der Waals surface area contributed by atoms with Crippen molar-refractivity contribution in [2.45, 2.75) is 45.9 Å². The molecule has 0 aromatic heterocycles. The first-order chi connectivity index (χ1) is 13.3. The van der Waals surface area contributed by atoms with E-state index in [9.17, 15) is 5.11 Å². The quantitative estimate of drug-likeness (QED) is 0.658. The number of aliphatic hydroxyl groups excluding tert-OH is 1. The molecule has 1 heterocycles. The van der Waals surface area contributed by atoms with E-state index in [0.717, 1.165) is 45.0 Å². The number of ether oxygens (including phenoxy) is 2. The van der Waals surface area contributed by atoms with Gasteiger partial charge in [-0.25, -0.2) is 0 Å². The fraction of sp³-hybridized carbons (Fsp3) is 0.727. The van der Waals surface area contributed by atoms with Gasteiger partial charge in [0, 0.05) is 38.3 Å². The highest BCUT2D eigenvalue weighted by atomic mass is 16.5. The van der Waals surface area contributed by atoms with Gasteiger partial charge in [0.05, 0.1) is 7.11 Å². The van der Waals surface area contributed by atoms with E-state index in [2.05, 4.69) is 61.6 Å². The zero-order valence-electron chi connectivity index (χ0n) is 18.6. The van der Waals surface area contributed by atoms with E-state index in [1.54, 1.807) is 7.11 Å². The molecule has 0 radical (unpaired) electrons. The summed E-state index contributed by atoms with van der Waals surface area (Å²) in [6.45, 7) is 15.6. The molecule has 0 saturated carbocycles.